The summed E-state index contributed by atoms with van der Waals surface area (Å²) in [6.45, 7) is 9.25. The van der Waals surface area contributed by atoms with Crippen molar-refractivity contribution in [3.8, 4) is 0 Å². The third kappa shape index (κ3) is 6.47. The van der Waals surface area contributed by atoms with Gasteiger partial charge >= 0.3 is 0 Å². The molecule has 15 heavy (non-hydrogen) atoms. The predicted molar refractivity (Wildman–Crippen MR) is 71.6 cm³/mol. The molecular weight excluding hydrogens is 202 g/mol. The highest BCUT2D eigenvalue weighted by Gasteiger charge is 2.16. The molecule has 0 spiro atoms. The van der Waals surface area contributed by atoms with Crippen molar-refractivity contribution in [3.05, 3.63) is 0 Å². The van der Waals surface area contributed by atoms with Gasteiger partial charge in [-0.2, -0.15) is 11.8 Å². The van der Waals surface area contributed by atoms with Crippen LogP contribution in [0.25, 0.3) is 0 Å². The molecule has 90 valence electrons. The minimum Gasteiger partial charge on any atom is -0.315 e. The largest absolute Gasteiger partial charge is 0.315 e. The molecule has 0 aliphatic heterocycles. The maximum atomic E-state index is 3.55. The molecule has 0 aromatic carbocycles. The van der Waals surface area contributed by atoms with Crippen molar-refractivity contribution in [2.45, 2.75) is 63.4 Å². The van der Waals surface area contributed by atoms with Crippen LogP contribution in [0.1, 0.15) is 52.9 Å². The Balaban J connectivity index is 2.03. The van der Waals surface area contributed by atoms with Gasteiger partial charge in [0.05, 0.1) is 0 Å². The van der Waals surface area contributed by atoms with Gasteiger partial charge in [-0.25, -0.2) is 0 Å². The molecule has 1 N–H and O–H groups in total. The molecule has 1 nitrogen and oxygen atoms in total. The molecule has 1 fully saturated rings. The van der Waals surface area contributed by atoms with E-state index < -0.39 is 0 Å². The normalized spacial score (nSPS) is 20.8. The zero-order chi connectivity index (χ0) is 11.1. The van der Waals surface area contributed by atoms with Crippen molar-refractivity contribution in [3.63, 3.8) is 0 Å². The molecule has 0 saturated heterocycles. The predicted octanol–water partition coefficient (Wildman–Crippen LogP) is 3.69. The van der Waals surface area contributed by atoms with E-state index in [2.05, 4.69) is 37.8 Å². The smallest absolute Gasteiger partial charge is 0.0146 e. The molecule has 1 aliphatic carbocycles. The first kappa shape index (κ1) is 13.4. The van der Waals surface area contributed by atoms with Crippen LogP contribution in [-0.2, 0) is 0 Å². The molecule has 1 aliphatic rings. The van der Waals surface area contributed by atoms with Gasteiger partial charge < -0.3 is 5.32 Å². The Kier molecular flexibility index (Phi) is 6.74. The van der Waals surface area contributed by atoms with E-state index in [0.29, 0.717) is 0 Å². The van der Waals surface area contributed by atoms with Gasteiger partial charge in [0.25, 0.3) is 0 Å². The van der Waals surface area contributed by atoms with E-state index in [4.69, 9.17) is 0 Å². The van der Waals surface area contributed by atoms with Gasteiger partial charge in [0.15, 0.2) is 0 Å². The molecule has 2 heteroatoms. The lowest BCUT2D eigenvalue weighted by atomic mass is 10.0. The summed E-state index contributed by atoms with van der Waals surface area (Å²) < 4.78 is 0. The Bertz CT molecular complexity index is 153. The monoisotopic (exact) mass is 229 g/mol. The fourth-order valence-electron chi connectivity index (χ4n) is 2.15. The first-order valence-corrected chi connectivity index (χ1v) is 7.49. The number of rotatable bonds is 6. The molecule has 0 amide bonds. The van der Waals surface area contributed by atoms with Crippen molar-refractivity contribution in [1.82, 2.24) is 5.32 Å². The molecule has 0 heterocycles. The molecule has 1 saturated carbocycles. The number of nitrogens with one attached hydrogen (secondary N) is 1. The lowest BCUT2D eigenvalue weighted by Gasteiger charge is -2.24. The fourth-order valence-corrected chi connectivity index (χ4v) is 3.63. The molecule has 1 atom stereocenters. The van der Waals surface area contributed by atoms with E-state index in [9.17, 15) is 0 Å². The van der Waals surface area contributed by atoms with Crippen LogP contribution >= 0.6 is 11.8 Å². The summed E-state index contributed by atoms with van der Waals surface area (Å²) in [5.41, 5.74) is 0. The second kappa shape index (κ2) is 7.56. The van der Waals surface area contributed by atoms with Crippen molar-refractivity contribution >= 4 is 11.8 Å². The van der Waals surface area contributed by atoms with E-state index >= 15 is 0 Å². The highest BCUT2D eigenvalue weighted by atomic mass is 32.2. The molecular formula is C13H27NS. The fraction of sp³-hybridized carbons (Fsp3) is 1.00. The van der Waals surface area contributed by atoms with E-state index in [1.807, 2.05) is 0 Å². The second-order valence-electron chi connectivity index (χ2n) is 5.26. The first-order valence-electron chi connectivity index (χ1n) is 6.54. The zero-order valence-corrected chi connectivity index (χ0v) is 11.4. The number of thioether (sulfide) groups is 1. The van der Waals surface area contributed by atoms with Crippen LogP contribution in [-0.4, -0.2) is 23.6 Å². The summed E-state index contributed by atoms with van der Waals surface area (Å²) in [5, 5.41) is 5.29. The van der Waals surface area contributed by atoms with Gasteiger partial charge in [-0.15, -0.1) is 0 Å². The van der Waals surface area contributed by atoms with Crippen molar-refractivity contribution in [1.29, 1.82) is 0 Å². The van der Waals surface area contributed by atoms with E-state index in [1.165, 1.54) is 38.6 Å². The van der Waals surface area contributed by atoms with Crippen LogP contribution in [0.3, 0.4) is 0 Å². The summed E-state index contributed by atoms with van der Waals surface area (Å²) in [7, 11) is 0. The summed E-state index contributed by atoms with van der Waals surface area (Å²) in [6, 6.07) is 0. The molecule has 0 aromatic heterocycles. The van der Waals surface area contributed by atoms with Crippen LogP contribution in [0.15, 0.2) is 0 Å². The van der Waals surface area contributed by atoms with Gasteiger partial charge in [0.1, 0.15) is 0 Å². The minimum atomic E-state index is 0.775. The van der Waals surface area contributed by atoms with Crippen molar-refractivity contribution in [2.75, 3.05) is 13.1 Å². The van der Waals surface area contributed by atoms with Gasteiger partial charge in [-0.3, -0.25) is 0 Å². The van der Waals surface area contributed by atoms with Crippen LogP contribution in [0, 0.1) is 5.92 Å². The number of hydrogen-bond donors (Lipinski definition) is 1. The second-order valence-corrected chi connectivity index (χ2v) is 7.00. The number of hydrogen-bond acceptors (Lipinski definition) is 2. The molecule has 1 rings (SSSR count). The molecule has 0 aromatic rings. The first-order chi connectivity index (χ1) is 7.18. The highest BCUT2D eigenvalue weighted by molar-refractivity contribution is 8.00. The van der Waals surface area contributed by atoms with Gasteiger partial charge in [-0.05, 0) is 25.3 Å². The lowest BCUT2D eigenvalue weighted by molar-refractivity contribution is 0.512. The van der Waals surface area contributed by atoms with Gasteiger partial charge in [0, 0.05) is 17.0 Å². The van der Waals surface area contributed by atoms with Crippen LogP contribution in [0.2, 0.25) is 0 Å². The van der Waals surface area contributed by atoms with Crippen molar-refractivity contribution in [2.24, 2.45) is 5.92 Å². The van der Waals surface area contributed by atoms with Gasteiger partial charge in [-0.1, -0.05) is 40.0 Å². The average molecular weight is 229 g/mol. The van der Waals surface area contributed by atoms with E-state index in [0.717, 1.165) is 23.0 Å². The minimum absolute atomic E-state index is 0.775. The Morgan fingerprint density at radius 3 is 2.33 bits per heavy atom. The van der Waals surface area contributed by atoms with E-state index in [1.54, 1.807) is 0 Å². The SMILES string of the molecule is CC(C)CNCC(C)SC1CCCCC1. The Labute approximate surface area is 99.8 Å². The maximum absolute atomic E-state index is 3.55. The quantitative estimate of drug-likeness (QED) is 0.745. The van der Waals surface area contributed by atoms with Crippen LogP contribution < -0.4 is 5.32 Å². The third-order valence-corrected chi connectivity index (χ3v) is 4.45. The lowest BCUT2D eigenvalue weighted by Crippen LogP contribution is -2.28. The van der Waals surface area contributed by atoms with Crippen molar-refractivity contribution < 1.29 is 0 Å². The van der Waals surface area contributed by atoms with Crippen LogP contribution in [0.4, 0.5) is 0 Å². The zero-order valence-electron chi connectivity index (χ0n) is 10.6. The summed E-state index contributed by atoms with van der Waals surface area (Å²) in [5.74, 6) is 0.775. The molecule has 1 unspecified atom stereocenters. The Morgan fingerprint density at radius 2 is 1.73 bits per heavy atom. The standard InChI is InChI=1S/C13H27NS/c1-11(2)9-14-10-12(3)15-13-7-5-4-6-8-13/h11-14H,4-10H2,1-3H3. The van der Waals surface area contributed by atoms with Crippen LogP contribution in [0.5, 0.6) is 0 Å². The summed E-state index contributed by atoms with van der Waals surface area (Å²) in [6.07, 6.45) is 7.31. The Morgan fingerprint density at radius 1 is 1.07 bits per heavy atom. The molecule has 0 radical (unpaired) electrons. The summed E-state index contributed by atoms with van der Waals surface area (Å²) >= 11 is 2.21. The average Bonchev–Trinajstić information content (AvgIpc) is 2.18. The van der Waals surface area contributed by atoms with E-state index in [-0.39, 0.29) is 0 Å². The van der Waals surface area contributed by atoms with Gasteiger partial charge in [0.2, 0.25) is 0 Å². The molecule has 0 bridgehead atoms. The summed E-state index contributed by atoms with van der Waals surface area (Å²) in [4.78, 5) is 0. The topological polar surface area (TPSA) is 12.0 Å². The third-order valence-electron chi connectivity index (χ3n) is 2.96. The maximum Gasteiger partial charge on any atom is 0.0146 e. The Hall–Kier alpha value is 0.310. The highest BCUT2D eigenvalue weighted by Crippen LogP contribution is 2.30.